The van der Waals surface area contributed by atoms with Gasteiger partial charge < -0.3 is 19.9 Å². The van der Waals surface area contributed by atoms with E-state index in [4.69, 9.17) is 31.5 Å². The number of rotatable bonds is 5. The van der Waals surface area contributed by atoms with Crippen molar-refractivity contribution in [2.75, 3.05) is 20.4 Å². The topological polar surface area (TPSA) is 53.7 Å². The van der Waals surface area contributed by atoms with Crippen LogP contribution in [-0.2, 0) is 6.42 Å². The highest BCUT2D eigenvalue weighted by atomic mass is 35.5. The monoisotopic (exact) mass is 257 g/mol. The molecule has 94 valence electrons. The Bertz CT molecular complexity index is 405. The molecule has 1 heterocycles. The molecule has 0 unspecified atom stereocenters. The highest BCUT2D eigenvalue weighted by Crippen LogP contribution is 2.45. The average Bonchev–Trinajstić information content (AvgIpc) is 2.76. The van der Waals surface area contributed by atoms with E-state index >= 15 is 0 Å². The molecule has 1 aliphatic heterocycles. The molecule has 0 spiro atoms. The molecule has 5 heteroatoms. The smallest absolute Gasteiger partial charge is 0.231 e. The zero-order valence-corrected chi connectivity index (χ0v) is 10.5. The molecule has 0 amide bonds. The van der Waals surface area contributed by atoms with Crippen molar-refractivity contribution in [3.8, 4) is 17.2 Å². The van der Waals surface area contributed by atoms with E-state index in [-0.39, 0.29) is 6.79 Å². The molecule has 0 aromatic heterocycles. The Kier molecular flexibility index (Phi) is 3.97. The lowest BCUT2D eigenvalue weighted by Gasteiger charge is -2.12. The third-order valence-corrected chi connectivity index (χ3v) is 3.03. The number of ether oxygens (including phenoxy) is 3. The summed E-state index contributed by atoms with van der Waals surface area (Å²) in [7, 11) is 1.61. The number of unbranched alkanes of at least 4 members (excludes halogenated alkanes) is 1. The zero-order valence-electron chi connectivity index (χ0n) is 9.79. The van der Waals surface area contributed by atoms with Crippen molar-refractivity contribution in [3.05, 3.63) is 16.7 Å². The van der Waals surface area contributed by atoms with Gasteiger partial charge in [-0.3, -0.25) is 0 Å². The summed E-state index contributed by atoms with van der Waals surface area (Å²) in [6.45, 7) is 0.922. The Morgan fingerprint density at radius 3 is 2.94 bits per heavy atom. The molecule has 1 aromatic carbocycles. The number of benzene rings is 1. The molecular weight excluding hydrogens is 242 g/mol. The molecule has 2 rings (SSSR count). The number of halogens is 1. The van der Waals surface area contributed by atoms with E-state index in [9.17, 15) is 0 Å². The van der Waals surface area contributed by atoms with Crippen LogP contribution in [0.5, 0.6) is 17.2 Å². The number of fused-ring (bicyclic) bond motifs is 1. The summed E-state index contributed by atoms with van der Waals surface area (Å²) in [5.74, 6) is 2.12. The molecule has 0 radical (unpaired) electrons. The van der Waals surface area contributed by atoms with Gasteiger partial charge in [0.15, 0.2) is 11.5 Å². The van der Waals surface area contributed by atoms with E-state index in [1.165, 1.54) is 0 Å². The van der Waals surface area contributed by atoms with Crippen LogP contribution in [-0.4, -0.2) is 20.4 Å². The number of methoxy groups -OCH3 is 1. The third kappa shape index (κ3) is 2.42. The van der Waals surface area contributed by atoms with E-state index in [2.05, 4.69) is 0 Å². The van der Waals surface area contributed by atoms with Crippen molar-refractivity contribution in [2.24, 2.45) is 5.73 Å². The molecule has 17 heavy (non-hydrogen) atoms. The van der Waals surface area contributed by atoms with Crippen LogP contribution >= 0.6 is 11.6 Å². The molecule has 0 atom stereocenters. The van der Waals surface area contributed by atoms with Crippen LogP contribution in [0.4, 0.5) is 0 Å². The van der Waals surface area contributed by atoms with E-state index in [1.807, 2.05) is 0 Å². The van der Waals surface area contributed by atoms with Gasteiger partial charge in [0.05, 0.1) is 12.1 Å². The van der Waals surface area contributed by atoms with E-state index < -0.39 is 0 Å². The first-order valence-corrected chi connectivity index (χ1v) is 6.00. The van der Waals surface area contributed by atoms with Crippen LogP contribution in [0.15, 0.2) is 6.07 Å². The fourth-order valence-electron chi connectivity index (χ4n) is 1.95. The minimum absolute atomic E-state index is 0.239. The molecule has 4 nitrogen and oxygen atoms in total. The Hall–Kier alpha value is -1.13. The van der Waals surface area contributed by atoms with E-state index in [1.54, 1.807) is 13.2 Å². The first-order valence-electron chi connectivity index (χ1n) is 5.63. The van der Waals surface area contributed by atoms with E-state index in [0.717, 1.165) is 30.6 Å². The Balaban J connectivity index is 2.32. The van der Waals surface area contributed by atoms with Gasteiger partial charge in [0.2, 0.25) is 6.79 Å². The van der Waals surface area contributed by atoms with Gasteiger partial charge in [-0.1, -0.05) is 11.6 Å². The van der Waals surface area contributed by atoms with Gasteiger partial charge in [-0.25, -0.2) is 0 Å². The lowest BCUT2D eigenvalue weighted by molar-refractivity contribution is 0.173. The summed E-state index contributed by atoms with van der Waals surface area (Å²) in [6.07, 6.45) is 2.76. The van der Waals surface area contributed by atoms with Crippen LogP contribution < -0.4 is 19.9 Å². The maximum Gasteiger partial charge on any atom is 0.231 e. The molecule has 0 saturated heterocycles. The molecule has 1 aliphatic rings. The first-order chi connectivity index (χ1) is 8.27. The van der Waals surface area contributed by atoms with Gasteiger partial charge in [0.1, 0.15) is 5.75 Å². The molecule has 2 N–H and O–H groups in total. The van der Waals surface area contributed by atoms with Gasteiger partial charge in [0.25, 0.3) is 0 Å². The van der Waals surface area contributed by atoms with Crippen LogP contribution in [0.2, 0.25) is 5.02 Å². The first kappa shape index (κ1) is 12.3. The van der Waals surface area contributed by atoms with Crippen molar-refractivity contribution in [1.29, 1.82) is 0 Å². The second-order valence-electron chi connectivity index (χ2n) is 3.85. The fraction of sp³-hybridized carbons (Fsp3) is 0.500. The van der Waals surface area contributed by atoms with Gasteiger partial charge in [-0.15, -0.1) is 0 Å². The summed E-state index contributed by atoms with van der Waals surface area (Å²) < 4.78 is 16.1. The SMILES string of the molecule is COc1c(Cl)cc2c(c1CCCCN)OCO2. The Morgan fingerprint density at radius 1 is 1.41 bits per heavy atom. The average molecular weight is 258 g/mol. The van der Waals surface area contributed by atoms with Crippen LogP contribution in [0.25, 0.3) is 0 Å². The van der Waals surface area contributed by atoms with Crippen LogP contribution in [0.1, 0.15) is 18.4 Å². The summed E-state index contributed by atoms with van der Waals surface area (Å²) in [5, 5.41) is 0.555. The van der Waals surface area contributed by atoms with Crippen molar-refractivity contribution < 1.29 is 14.2 Å². The minimum Gasteiger partial charge on any atom is -0.495 e. The van der Waals surface area contributed by atoms with Gasteiger partial charge in [-0.05, 0) is 25.8 Å². The van der Waals surface area contributed by atoms with Crippen molar-refractivity contribution in [2.45, 2.75) is 19.3 Å². The number of nitrogens with two attached hydrogens (primary N) is 1. The Labute approximate surface area is 106 Å². The summed E-state index contributed by atoms with van der Waals surface area (Å²) in [5.41, 5.74) is 6.47. The maximum atomic E-state index is 6.14. The van der Waals surface area contributed by atoms with Crippen LogP contribution in [0.3, 0.4) is 0 Å². The normalized spacial score (nSPS) is 12.9. The Morgan fingerprint density at radius 2 is 2.24 bits per heavy atom. The molecular formula is C12H16ClNO3. The number of hydrogen-bond acceptors (Lipinski definition) is 4. The second kappa shape index (κ2) is 5.47. The predicted molar refractivity (Wildman–Crippen MR) is 66.1 cm³/mol. The van der Waals surface area contributed by atoms with Crippen molar-refractivity contribution >= 4 is 11.6 Å². The molecule has 0 aliphatic carbocycles. The lowest BCUT2D eigenvalue weighted by Crippen LogP contribution is -2.01. The van der Waals surface area contributed by atoms with Gasteiger partial charge in [0, 0.05) is 11.6 Å². The highest BCUT2D eigenvalue weighted by Gasteiger charge is 2.23. The molecule has 1 aromatic rings. The zero-order chi connectivity index (χ0) is 12.3. The maximum absolute atomic E-state index is 6.14. The minimum atomic E-state index is 0.239. The largest absolute Gasteiger partial charge is 0.495 e. The third-order valence-electron chi connectivity index (χ3n) is 2.75. The van der Waals surface area contributed by atoms with Crippen molar-refractivity contribution in [1.82, 2.24) is 0 Å². The summed E-state index contributed by atoms with van der Waals surface area (Å²) in [4.78, 5) is 0. The van der Waals surface area contributed by atoms with E-state index in [0.29, 0.717) is 23.1 Å². The molecule has 0 bridgehead atoms. The van der Waals surface area contributed by atoms with Crippen molar-refractivity contribution in [3.63, 3.8) is 0 Å². The lowest BCUT2D eigenvalue weighted by atomic mass is 10.1. The fourth-order valence-corrected chi connectivity index (χ4v) is 2.24. The summed E-state index contributed by atoms with van der Waals surface area (Å²) >= 11 is 6.14. The van der Waals surface area contributed by atoms with Gasteiger partial charge >= 0.3 is 0 Å². The van der Waals surface area contributed by atoms with Gasteiger partial charge in [-0.2, -0.15) is 0 Å². The van der Waals surface area contributed by atoms with Crippen LogP contribution in [0, 0.1) is 0 Å². The standard InChI is InChI=1S/C12H16ClNO3/c1-15-11-8(4-2-3-5-14)12-10(6-9(11)13)16-7-17-12/h6H,2-5,7,14H2,1H3. The molecule has 0 saturated carbocycles. The highest BCUT2D eigenvalue weighted by molar-refractivity contribution is 6.32. The summed E-state index contributed by atoms with van der Waals surface area (Å²) in [6, 6.07) is 1.73. The molecule has 0 fully saturated rings. The second-order valence-corrected chi connectivity index (χ2v) is 4.26. The quantitative estimate of drug-likeness (QED) is 0.823. The predicted octanol–water partition coefficient (Wildman–Crippen LogP) is 2.36. The number of hydrogen-bond donors (Lipinski definition) is 1.